The van der Waals surface area contributed by atoms with Crippen LogP contribution in [0.15, 0.2) is 24.3 Å². The molecule has 1 aromatic rings. The van der Waals surface area contributed by atoms with Gasteiger partial charge in [0.2, 0.25) is 0 Å². The molecule has 1 aromatic carbocycles. The van der Waals surface area contributed by atoms with Gasteiger partial charge in [0.25, 0.3) is 0 Å². The van der Waals surface area contributed by atoms with E-state index in [0.29, 0.717) is 6.54 Å². The molecule has 0 heterocycles. The molecule has 0 radical (unpaired) electrons. The summed E-state index contributed by atoms with van der Waals surface area (Å²) in [7, 11) is 3.36. The van der Waals surface area contributed by atoms with E-state index in [1.807, 2.05) is 6.92 Å². The number of nitrogens with one attached hydrogen (secondary N) is 1. The predicted molar refractivity (Wildman–Crippen MR) is 72.9 cm³/mol. The van der Waals surface area contributed by atoms with E-state index in [2.05, 4.69) is 5.32 Å². The van der Waals surface area contributed by atoms with Gasteiger partial charge >= 0.3 is 6.03 Å². The number of rotatable bonds is 5. The Balaban J connectivity index is 2.47. The lowest BCUT2D eigenvalue weighted by molar-refractivity contribution is 0.221. The third-order valence-electron chi connectivity index (χ3n) is 2.61. The number of carbonyl (C=O) groups excluding carboxylic acids is 1. The second kappa shape index (κ2) is 6.86. The van der Waals surface area contributed by atoms with Gasteiger partial charge in [-0.15, -0.1) is 0 Å². The van der Waals surface area contributed by atoms with E-state index >= 15 is 0 Å². The Labute approximate surface area is 108 Å². The van der Waals surface area contributed by atoms with Gasteiger partial charge in [-0.2, -0.15) is 0 Å². The minimum Gasteiger partial charge on any atom is -0.497 e. The molecule has 0 saturated heterocycles. The molecular weight excluding hydrogens is 230 g/mol. The van der Waals surface area contributed by atoms with Crippen LogP contribution in [0.4, 0.5) is 10.5 Å². The lowest BCUT2D eigenvalue weighted by Gasteiger charge is -2.19. The van der Waals surface area contributed by atoms with Crippen molar-refractivity contribution in [3.05, 3.63) is 24.3 Å². The Morgan fingerprint density at radius 3 is 2.56 bits per heavy atom. The van der Waals surface area contributed by atoms with Crippen molar-refractivity contribution in [1.82, 2.24) is 4.90 Å². The van der Waals surface area contributed by atoms with E-state index in [1.54, 1.807) is 43.3 Å². The third kappa shape index (κ3) is 4.63. The predicted octanol–water partition coefficient (Wildman–Crippen LogP) is 1.90. The summed E-state index contributed by atoms with van der Waals surface area (Å²) in [6.45, 7) is 2.56. The van der Waals surface area contributed by atoms with Crippen LogP contribution in [-0.2, 0) is 0 Å². The van der Waals surface area contributed by atoms with Crippen molar-refractivity contribution in [3.8, 4) is 5.75 Å². The van der Waals surface area contributed by atoms with Crippen LogP contribution in [0.25, 0.3) is 0 Å². The highest BCUT2D eigenvalue weighted by atomic mass is 16.5. The molecule has 5 nitrogen and oxygen atoms in total. The smallest absolute Gasteiger partial charge is 0.321 e. The van der Waals surface area contributed by atoms with Crippen LogP contribution in [0.3, 0.4) is 0 Å². The van der Waals surface area contributed by atoms with Crippen molar-refractivity contribution in [2.75, 3.05) is 26.0 Å². The third-order valence-corrected chi connectivity index (χ3v) is 2.61. The Bertz CT molecular complexity index is 376. The zero-order chi connectivity index (χ0) is 13.5. The second-order valence-electron chi connectivity index (χ2n) is 4.35. The van der Waals surface area contributed by atoms with Crippen LogP contribution >= 0.6 is 0 Å². The lowest BCUT2D eigenvalue weighted by atomic mass is 10.2. The molecule has 0 aromatic heterocycles. The van der Waals surface area contributed by atoms with Crippen LogP contribution in [0, 0.1) is 0 Å². The zero-order valence-corrected chi connectivity index (χ0v) is 11.1. The first-order valence-electron chi connectivity index (χ1n) is 5.94. The van der Waals surface area contributed by atoms with Gasteiger partial charge in [-0.1, -0.05) is 0 Å². The summed E-state index contributed by atoms with van der Waals surface area (Å²) in [6.07, 6.45) is 0.784. The van der Waals surface area contributed by atoms with Crippen molar-refractivity contribution in [3.63, 3.8) is 0 Å². The van der Waals surface area contributed by atoms with E-state index < -0.39 is 0 Å². The number of nitrogens with two attached hydrogens (primary N) is 1. The molecule has 0 saturated carbocycles. The summed E-state index contributed by atoms with van der Waals surface area (Å²) in [5.74, 6) is 0.762. The highest BCUT2D eigenvalue weighted by molar-refractivity contribution is 5.89. The average molecular weight is 251 g/mol. The molecule has 3 N–H and O–H groups in total. The Kier molecular flexibility index (Phi) is 5.45. The summed E-state index contributed by atoms with van der Waals surface area (Å²) in [4.78, 5) is 13.4. The van der Waals surface area contributed by atoms with Gasteiger partial charge in [0.15, 0.2) is 0 Å². The molecular formula is C13H21N3O2. The molecule has 0 fully saturated rings. The molecule has 0 aliphatic carbocycles. The van der Waals surface area contributed by atoms with Crippen molar-refractivity contribution >= 4 is 11.7 Å². The topological polar surface area (TPSA) is 67.6 Å². The molecule has 1 rings (SSSR count). The highest BCUT2D eigenvalue weighted by Crippen LogP contribution is 2.15. The lowest BCUT2D eigenvalue weighted by Crippen LogP contribution is -2.34. The van der Waals surface area contributed by atoms with E-state index in [4.69, 9.17) is 10.5 Å². The molecule has 5 heteroatoms. The van der Waals surface area contributed by atoms with Crippen molar-refractivity contribution in [2.45, 2.75) is 19.4 Å². The van der Waals surface area contributed by atoms with E-state index in [9.17, 15) is 4.79 Å². The summed E-state index contributed by atoms with van der Waals surface area (Å²) in [5.41, 5.74) is 6.40. The maximum absolute atomic E-state index is 11.8. The number of amides is 2. The molecule has 0 aliphatic rings. The van der Waals surface area contributed by atoms with Gasteiger partial charge in [0.05, 0.1) is 7.11 Å². The molecule has 1 unspecified atom stereocenters. The number of anilines is 1. The SMILES string of the molecule is COc1ccc(NC(=O)N(C)CCC(C)N)cc1. The minimum atomic E-state index is -0.138. The van der Waals surface area contributed by atoms with Gasteiger partial charge in [-0.3, -0.25) is 0 Å². The number of urea groups is 1. The number of benzene rings is 1. The summed E-state index contributed by atoms with van der Waals surface area (Å²) in [6, 6.07) is 7.17. The first-order valence-corrected chi connectivity index (χ1v) is 5.94. The summed E-state index contributed by atoms with van der Waals surface area (Å²) >= 11 is 0. The minimum absolute atomic E-state index is 0.0984. The zero-order valence-electron chi connectivity index (χ0n) is 11.1. The van der Waals surface area contributed by atoms with Crippen molar-refractivity contribution in [2.24, 2.45) is 5.73 Å². The Morgan fingerprint density at radius 2 is 2.06 bits per heavy atom. The number of hydrogen-bond donors (Lipinski definition) is 2. The van der Waals surface area contributed by atoms with E-state index in [0.717, 1.165) is 17.9 Å². The molecule has 100 valence electrons. The van der Waals surface area contributed by atoms with Crippen molar-refractivity contribution < 1.29 is 9.53 Å². The Morgan fingerprint density at radius 1 is 1.44 bits per heavy atom. The quantitative estimate of drug-likeness (QED) is 0.839. The van der Waals surface area contributed by atoms with Crippen LogP contribution in [-0.4, -0.2) is 37.7 Å². The largest absolute Gasteiger partial charge is 0.497 e. The number of hydrogen-bond acceptors (Lipinski definition) is 3. The maximum atomic E-state index is 11.8. The molecule has 0 aliphatic heterocycles. The fraction of sp³-hybridized carbons (Fsp3) is 0.462. The monoisotopic (exact) mass is 251 g/mol. The van der Waals surface area contributed by atoms with E-state index in [1.165, 1.54) is 0 Å². The summed E-state index contributed by atoms with van der Waals surface area (Å²) in [5, 5.41) is 2.81. The van der Waals surface area contributed by atoms with E-state index in [-0.39, 0.29) is 12.1 Å². The van der Waals surface area contributed by atoms with Crippen LogP contribution in [0.2, 0.25) is 0 Å². The standard InChI is InChI=1S/C13H21N3O2/c1-10(14)8-9-16(2)13(17)15-11-4-6-12(18-3)7-5-11/h4-7,10H,8-9,14H2,1-3H3,(H,15,17). The number of nitrogens with zero attached hydrogens (tertiary/aromatic N) is 1. The van der Waals surface area contributed by atoms with Gasteiger partial charge in [-0.25, -0.2) is 4.79 Å². The van der Waals surface area contributed by atoms with Crippen LogP contribution < -0.4 is 15.8 Å². The van der Waals surface area contributed by atoms with Gasteiger partial charge in [0.1, 0.15) is 5.75 Å². The van der Waals surface area contributed by atoms with Crippen LogP contribution in [0.5, 0.6) is 5.75 Å². The molecule has 0 spiro atoms. The second-order valence-corrected chi connectivity index (χ2v) is 4.35. The summed E-state index contributed by atoms with van der Waals surface area (Å²) < 4.78 is 5.05. The molecule has 2 amide bonds. The Hall–Kier alpha value is -1.75. The highest BCUT2D eigenvalue weighted by Gasteiger charge is 2.09. The van der Waals surface area contributed by atoms with Gasteiger partial charge in [0, 0.05) is 25.3 Å². The van der Waals surface area contributed by atoms with Gasteiger partial charge < -0.3 is 20.7 Å². The fourth-order valence-electron chi connectivity index (χ4n) is 1.39. The van der Waals surface area contributed by atoms with Crippen LogP contribution in [0.1, 0.15) is 13.3 Å². The number of methoxy groups -OCH3 is 1. The fourth-order valence-corrected chi connectivity index (χ4v) is 1.39. The average Bonchev–Trinajstić information content (AvgIpc) is 2.36. The molecule has 1 atom stereocenters. The van der Waals surface area contributed by atoms with Crippen molar-refractivity contribution in [1.29, 1.82) is 0 Å². The first kappa shape index (κ1) is 14.3. The number of ether oxygens (including phenoxy) is 1. The molecule has 18 heavy (non-hydrogen) atoms. The first-order chi connectivity index (χ1) is 8.52. The molecule has 0 bridgehead atoms. The van der Waals surface area contributed by atoms with Gasteiger partial charge in [-0.05, 0) is 37.6 Å². The normalized spacial score (nSPS) is 11.8. The number of carbonyl (C=O) groups is 1. The maximum Gasteiger partial charge on any atom is 0.321 e.